The van der Waals surface area contributed by atoms with E-state index in [-0.39, 0.29) is 23.1 Å². The van der Waals surface area contributed by atoms with E-state index in [9.17, 15) is 13.2 Å². The number of fused-ring (bicyclic) bond motifs is 2. The van der Waals surface area contributed by atoms with Gasteiger partial charge in [-0.1, -0.05) is 72.3 Å². The van der Waals surface area contributed by atoms with Crippen molar-refractivity contribution in [2.75, 3.05) is 6.54 Å². The van der Waals surface area contributed by atoms with Gasteiger partial charge in [-0.3, -0.25) is 4.79 Å². The fourth-order valence-corrected chi connectivity index (χ4v) is 6.11. The van der Waals surface area contributed by atoms with E-state index < -0.39 is 9.84 Å². The Bertz CT molecular complexity index is 1440. The van der Waals surface area contributed by atoms with Crippen LogP contribution in [-0.4, -0.2) is 30.3 Å². The first kappa shape index (κ1) is 21.5. The summed E-state index contributed by atoms with van der Waals surface area (Å²) in [6.45, 7) is 3.35. The average molecular weight is 459 g/mol. The first-order valence-electron chi connectivity index (χ1n) is 11.1. The molecular weight excluding hydrogens is 432 g/mol. The maximum absolute atomic E-state index is 13.3. The second-order valence-corrected chi connectivity index (χ2v) is 10.7. The largest absolute Gasteiger partial charge is 0.337 e. The molecule has 168 valence electrons. The van der Waals surface area contributed by atoms with Crippen LogP contribution in [0.1, 0.15) is 22.3 Å². The summed E-state index contributed by atoms with van der Waals surface area (Å²) < 4.78 is 28.4. The Balaban J connectivity index is 1.43. The van der Waals surface area contributed by atoms with Crippen LogP contribution in [0, 0.1) is 6.92 Å². The number of aryl methyl sites for hydroxylation is 1. The molecule has 0 aliphatic carbocycles. The minimum atomic E-state index is -3.58. The normalized spacial score (nSPS) is 13.8. The number of carbonyl (C=O) groups is 1. The molecule has 0 atom stereocenters. The van der Waals surface area contributed by atoms with Crippen molar-refractivity contribution in [3.05, 3.63) is 101 Å². The second-order valence-electron chi connectivity index (χ2n) is 8.72. The van der Waals surface area contributed by atoms with Gasteiger partial charge in [0, 0.05) is 30.2 Å². The van der Waals surface area contributed by atoms with E-state index >= 15 is 0 Å². The van der Waals surface area contributed by atoms with Crippen LogP contribution in [0.2, 0.25) is 0 Å². The maximum Gasteiger partial charge on any atom is 0.242 e. The molecule has 1 aromatic heterocycles. The average Bonchev–Trinajstić information content (AvgIpc) is 3.19. The van der Waals surface area contributed by atoms with Gasteiger partial charge in [0.2, 0.25) is 5.91 Å². The van der Waals surface area contributed by atoms with Crippen molar-refractivity contribution < 1.29 is 13.2 Å². The topological polar surface area (TPSA) is 59.4 Å². The summed E-state index contributed by atoms with van der Waals surface area (Å²) in [6.07, 6.45) is 2.47. The molecule has 3 aromatic carbocycles. The standard InChI is InChI=1S/C27H26N2O3S/c1-20-10-12-21(13-11-20)19-33(31,32)26-17-29(25-9-5-4-8-24(25)26)18-27(30)28-15-14-22-6-2-3-7-23(22)16-28/h2-13,17H,14-16,18-19H2,1H3. The van der Waals surface area contributed by atoms with E-state index in [1.807, 2.05) is 72.5 Å². The number of sulfone groups is 1. The SMILES string of the molecule is Cc1ccc(CS(=O)(=O)c2cn(CC(=O)N3CCc4ccccc4C3)c3ccccc23)cc1. The maximum atomic E-state index is 13.3. The molecule has 0 bridgehead atoms. The number of nitrogens with zero attached hydrogens (tertiary/aromatic N) is 2. The van der Waals surface area contributed by atoms with Crippen molar-refractivity contribution in [2.45, 2.75) is 37.1 Å². The van der Waals surface area contributed by atoms with E-state index in [0.717, 1.165) is 23.1 Å². The number of hydrogen-bond donors (Lipinski definition) is 0. The molecule has 33 heavy (non-hydrogen) atoms. The van der Waals surface area contributed by atoms with Crippen LogP contribution in [0.4, 0.5) is 0 Å². The molecule has 0 saturated carbocycles. The molecule has 0 saturated heterocycles. The first-order chi connectivity index (χ1) is 15.9. The van der Waals surface area contributed by atoms with Crippen molar-refractivity contribution in [1.82, 2.24) is 9.47 Å². The van der Waals surface area contributed by atoms with Gasteiger partial charge in [0.25, 0.3) is 0 Å². The molecule has 0 spiro atoms. The van der Waals surface area contributed by atoms with Gasteiger partial charge in [-0.2, -0.15) is 0 Å². The number of aromatic nitrogens is 1. The highest BCUT2D eigenvalue weighted by Crippen LogP contribution is 2.28. The first-order valence-corrected chi connectivity index (χ1v) is 12.8. The van der Waals surface area contributed by atoms with Gasteiger partial charge in [0.05, 0.1) is 10.6 Å². The lowest BCUT2D eigenvalue weighted by atomic mass is 10.00. The molecule has 0 N–H and O–H groups in total. The van der Waals surface area contributed by atoms with Gasteiger partial charge >= 0.3 is 0 Å². The van der Waals surface area contributed by atoms with Crippen LogP contribution < -0.4 is 0 Å². The highest BCUT2D eigenvalue weighted by molar-refractivity contribution is 7.90. The smallest absolute Gasteiger partial charge is 0.242 e. The molecule has 1 aliphatic rings. The summed E-state index contributed by atoms with van der Waals surface area (Å²) in [5.41, 5.74) is 5.06. The second kappa shape index (κ2) is 8.52. The van der Waals surface area contributed by atoms with E-state index in [4.69, 9.17) is 0 Å². The van der Waals surface area contributed by atoms with Crippen LogP contribution in [0.5, 0.6) is 0 Å². The summed E-state index contributed by atoms with van der Waals surface area (Å²) >= 11 is 0. The summed E-state index contributed by atoms with van der Waals surface area (Å²) in [7, 11) is -3.58. The van der Waals surface area contributed by atoms with Crippen LogP contribution >= 0.6 is 0 Å². The third kappa shape index (κ3) is 4.31. The Labute approximate surface area is 194 Å². The summed E-state index contributed by atoms with van der Waals surface area (Å²) in [4.78, 5) is 15.3. The molecular formula is C27H26N2O3S. The quantitative estimate of drug-likeness (QED) is 0.442. The van der Waals surface area contributed by atoms with Crippen LogP contribution in [0.25, 0.3) is 10.9 Å². The Morgan fingerprint density at radius 1 is 0.909 bits per heavy atom. The van der Waals surface area contributed by atoms with Gasteiger partial charge in [-0.05, 0) is 36.1 Å². The predicted octanol–water partition coefficient (Wildman–Crippen LogP) is 4.51. The van der Waals surface area contributed by atoms with E-state index in [2.05, 4.69) is 12.1 Å². The fraction of sp³-hybridized carbons (Fsp3) is 0.222. The molecule has 1 aliphatic heterocycles. The van der Waals surface area contributed by atoms with Crippen LogP contribution in [0.15, 0.2) is 83.9 Å². The van der Waals surface area contributed by atoms with Gasteiger partial charge in [-0.15, -0.1) is 0 Å². The molecule has 6 heteroatoms. The lowest BCUT2D eigenvalue weighted by Crippen LogP contribution is -2.37. The van der Waals surface area contributed by atoms with E-state index in [0.29, 0.717) is 18.5 Å². The number of rotatable bonds is 5. The van der Waals surface area contributed by atoms with Crippen LogP contribution in [-0.2, 0) is 39.9 Å². The summed E-state index contributed by atoms with van der Waals surface area (Å²) in [6, 6.07) is 23.1. The monoisotopic (exact) mass is 458 g/mol. The van der Waals surface area contributed by atoms with Crippen molar-refractivity contribution in [3.8, 4) is 0 Å². The molecule has 5 nitrogen and oxygen atoms in total. The number of para-hydroxylation sites is 1. The summed E-state index contributed by atoms with van der Waals surface area (Å²) in [5, 5.41) is 0.654. The predicted molar refractivity (Wildman–Crippen MR) is 130 cm³/mol. The van der Waals surface area contributed by atoms with Crippen molar-refractivity contribution in [3.63, 3.8) is 0 Å². The number of benzene rings is 3. The van der Waals surface area contributed by atoms with Gasteiger partial charge in [0.1, 0.15) is 6.54 Å². The highest BCUT2D eigenvalue weighted by Gasteiger charge is 2.25. The van der Waals surface area contributed by atoms with E-state index in [1.165, 1.54) is 11.1 Å². The third-order valence-electron chi connectivity index (χ3n) is 6.35. The third-order valence-corrected chi connectivity index (χ3v) is 8.06. The Hall–Kier alpha value is -3.38. The Kier molecular flexibility index (Phi) is 5.54. The minimum absolute atomic E-state index is 0.00672. The molecule has 1 amide bonds. The lowest BCUT2D eigenvalue weighted by Gasteiger charge is -2.29. The highest BCUT2D eigenvalue weighted by atomic mass is 32.2. The zero-order valence-electron chi connectivity index (χ0n) is 18.6. The number of hydrogen-bond acceptors (Lipinski definition) is 3. The van der Waals surface area contributed by atoms with Gasteiger partial charge in [-0.25, -0.2) is 8.42 Å². The number of amides is 1. The lowest BCUT2D eigenvalue weighted by molar-refractivity contribution is -0.132. The van der Waals surface area contributed by atoms with E-state index in [1.54, 1.807) is 10.8 Å². The Morgan fingerprint density at radius 2 is 1.61 bits per heavy atom. The molecule has 4 aromatic rings. The minimum Gasteiger partial charge on any atom is -0.337 e. The van der Waals surface area contributed by atoms with Gasteiger partial charge in [0.15, 0.2) is 9.84 Å². The molecule has 0 fully saturated rings. The zero-order valence-corrected chi connectivity index (χ0v) is 19.4. The van der Waals surface area contributed by atoms with Crippen LogP contribution in [0.3, 0.4) is 0 Å². The Morgan fingerprint density at radius 3 is 2.39 bits per heavy atom. The summed E-state index contributed by atoms with van der Waals surface area (Å²) in [5.74, 6) is -0.0780. The number of carbonyl (C=O) groups excluding carboxylic acids is 1. The van der Waals surface area contributed by atoms with Crippen molar-refractivity contribution in [2.24, 2.45) is 0 Å². The fourth-order valence-electron chi connectivity index (χ4n) is 4.53. The molecule has 0 unspecified atom stereocenters. The molecule has 5 rings (SSSR count). The molecule has 0 radical (unpaired) electrons. The molecule has 2 heterocycles. The van der Waals surface area contributed by atoms with Gasteiger partial charge < -0.3 is 9.47 Å². The zero-order chi connectivity index (χ0) is 23.0. The van der Waals surface area contributed by atoms with Crippen molar-refractivity contribution in [1.29, 1.82) is 0 Å². The van der Waals surface area contributed by atoms with Crippen molar-refractivity contribution >= 4 is 26.6 Å².